The summed E-state index contributed by atoms with van der Waals surface area (Å²) in [4.78, 5) is 0. The van der Waals surface area contributed by atoms with Crippen molar-refractivity contribution in [3.05, 3.63) is 79.9 Å². The third-order valence-corrected chi connectivity index (χ3v) is 6.52. The maximum atomic E-state index is 2.45. The molecular weight excluding hydrogens is 470 g/mol. The third kappa shape index (κ3) is 2.76. The minimum Gasteiger partial charge on any atom is -0.0622 e. The zero-order chi connectivity index (χ0) is 13.9. The molecule has 0 nitrogen and oxygen atoms in total. The fraction of sp³-hybridized carbons (Fsp3) is 0. The summed E-state index contributed by atoms with van der Waals surface area (Å²) in [6, 6.07) is 25.6. The van der Waals surface area contributed by atoms with E-state index in [2.05, 4.69) is 118 Å². The summed E-state index contributed by atoms with van der Waals surface area (Å²) in [5.74, 6) is 0. The lowest BCUT2D eigenvalue weighted by Gasteiger charge is -2.11. The van der Waals surface area contributed by atoms with Crippen molar-refractivity contribution in [3.8, 4) is 22.3 Å². The predicted octanol–water partition coefficient (Wildman–Crippen LogP) is 6.23. The normalized spacial score (nSPS) is 10.5. The van der Waals surface area contributed by atoms with Crippen LogP contribution in [0.5, 0.6) is 0 Å². The van der Waals surface area contributed by atoms with Crippen LogP contribution in [-0.2, 0) is 0 Å². The molecule has 0 aliphatic rings. The van der Waals surface area contributed by atoms with E-state index in [4.69, 9.17) is 0 Å². The Bertz CT molecular complexity index is 655. The molecule has 0 saturated heterocycles. The van der Waals surface area contributed by atoms with Gasteiger partial charge in [0.25, 0.3) is 0 Å². The van der Waals surface area contributed by atoms with Gasteiger partial charge >= 0.3 is 0 Å². The van der Waals surface area contributed by atoms with Gasteiger partial charge in [-0.15, -0.1) is 0 Å². The maximum Gasteiger partial charge on any atom is 0.0348 e. The molecule has 0 spiro atoms. The van der Waals surface area contributed by atoms with Gasteiger partial charge in [-0.1, -0.05) is 72.8 Å². The van der Waals surface area contributed by atoms with E-state index in [-0.39, 0.29) is 0 Å². The third-order valence-electron chi connectivity index (χ3n) is 3.25. The topological polar surface area (TPSA) is 0 Å². The van der Waals surface area contributed by atoms with Gasteiger partial charge in [-0.05, 0) is 67.4 Å². The first kappa shape index (κ1) is 14.1. The molecule has 0 fully saturated rings. The monoisotopic (exact) mass is 482 g/mol. The lowest BCUT2D eigenvalue weighted by atomic mass is 10.0. The van der Waals surface area contributed by atoms with Crippen LogP contribution in [0.2, 0.25) is 0 Å². The van der Waals surface area contributed by atoms with E-state index in [9.17, 15) is 0 Å². The molecule has 0 heterocycles. The lowest BCUT2D eigenvalue weighted by molar-refractivity contribution is 1.52. The van der Waals surface area contributed by atoms with Crippen LogP contribution in [0.4, 0.5) is 0 Å². The molecule has 0 radical (unpaired) electrons. The minimum atomic E-state index is 1.27. The fourth-order valence-electron chi connectivity index (χ4n) is 2.23. The van der Waals surface area contributed by atoms with Crippen LogP contribution < -0.4 is 0 Å². The van der Waals surface area contributed by atoms with E-state index >= 15 is 0 Å². The van der Waals surface area contributed by atoms with Gasteiger partial charge in [0.2, 0.25) is 0 Å². The average molecular weight is 482 g/mol. The molecule has 0 atom stereocenters. The number of benzene rings is 3. The molecule has 0 unspecified atom stereocenters. The molecule has 0 saturated carbocycles. The van der Waals surface area contributed by atoms with Crippen LogP contribution in [0.1, 0.15) is 0 Å². The van der Waals surface area contributed by atoms with E-state index < -0.39 is 0 Å². The van der Waals surface area contributed by atoms with E-state index in [1.165, 1.54) is 29.4 Å². The molecule has 3 aromatic carbocycles. The van der Waals surface area contributed by atoms with Crippen molar-refractivity contribution in [1.82, 2.24) is 0 Å². The van der Waals surface area contributed by atoms with Crippen molar-refractivity contribution in [1.29, 1.82) is 0 Å². The van der Waals surface area contributed by atoms with Crippen LogP contribution in [0, 0.1) is 7.14 Å². The Kier molecular flexibility index (Phi) is 4.41. The first-order valence-electron chi connectivity index (χ1n) is 6.36. The van der Waals surface area contributed by atoms with Crippen molar-refractivity contribution in [2.75, 3.05) is 0 Å². The molecule has 3 rings (SSSR count). The van der Waals surface area contributed by atoms with Gasteiger partial charge in [0.05, 0.1) is 0 Å². The average Bonchev–Trinajstić information content (AvgIpc) is 2.52. The van der Waals surface area contributed by atoms with Crippen LogP contribution in [-0.4, -0.2) is 0 Å². The van der Waals surface area contributed by atoms with Crippen LogP contribution >= 0.6 is 45.2 Å². The molecule has 2 heteroatoms. The molecule has 0 amide bonds. The molecule has 0 bridgehead atoms. The van der Waals surface area contributed by atoms with Gasteiger partial charge in [-0.2, -0.15) is 0 Å². The summed E-state index contributed by atoms with van der Waals surface area (Å²) in [5, 5.41) is 0. The largest absolute Gasteiger partial charge is 0.0622 e. The first-order valence-corrected chi connectivity index (χ1v) is 8.52. The highest BCUT2D eigenvalue weighted by atomic mass is 127. The van der Waals surface area contributed by atoms with Gasteiger partial charge in [0.1, 0.15) is 0 Å². The van der Waals surface area contributed by atoms with Crippen molar-refractivity contribution in [2.45, 2.75) is 0 Å². The summed E-state index contributed by atoms with van der Waals surface area (Å²) >= 11 is 4.91. The molecule has 0 aliphatic carbocycles. The van der Waals surface area contributed by atoms with Crippen LogP contribution in [0.25, 0.3) is 22.3 Å². The van der Waals surface area contributed by atoms with E-state index in [0.29, 0.717) is 0 Å². The molecule has 0 aliphatic heterocycles. The highest BCUT2D eigenvalue weighted by Crippen LogP contribution is 2.35. The van der Waals surface area contributed by atoms with E-state index in [0.717, 1.165) is 0 Å². The SMILES string of the molecule is Ic1c(-c2ccccc2)ccc(-c2ccccc2)c1I. The summed E-state index contributed by atoms with van der Waals surface area (Å²) in [6.45, 7) is 0. The Balaban J connectivity index is 2.13. The summed E-state index contributed by atoms with van der Waals surface area (Å²) < 4.78 is 2.63. The fourth-order valence-corrected chi connectivity index (χ4v) is 3.79. The van der Waals surface area contributed by atoms with Crippen molar-refractivity contribution in [3.63, 3.8) is 0 Å². The Labute approximate surface area is 146 Å². The Morgan fingerprint density at radius 1 is 0.450 bits per heavy atom. The van der Waals surface area contributed by atoms with Gasteiger partial charge in [0.15, 0.2) is 0 Å². The van der Waals surface area contributed by atoms with Gasteiger partial charge in [-0.3, -0.25) is 0 Å². The Morgan fingerprint density at radius 2 is 0.800 bits per heavy atom. The Hall–Kier alpha value is -0.880. The minimum absolute atomic E-state index is 1.27. The maximum absolute atomic E-state index is 2.45. The highest BCUT2D eigenvalue weighted by Gasteiger charge is 2.11. The standard InChI is InChI=1S/C18H12I2/c19-17-15(13-7-3-1-4-8-13)11-12-16(18(17)20)14-9-5-2-6-10-14/h1-12H. The number of hydrogen-bond donors (Lipinski definition) is 0. The van der Waals surface area contributed by atoms with Gasteiger partial charge in [-0.25, -0.2) is 0 Å². The molecule has 98 valence electrons. The quantitative estimate of drug-likeness (QED) is 0.380. The summed E-state index contributed by atoms with van der Waals surface area (Å²) in [5.41, 5.74) is 5.15. The second-order valence-electron chi connectivity index (χ2n) is 4.52. The van der Waals surface area contributed by atoms with Crippen LogP contribution in [0.3, 0.4) is 0 Å². The second-order valence-corrected chi connectivity index (χ2v) is 6.68. The van der Waals surface area contributed by atoms with Crippen molar-refractivity contribution in [2.24, 2.45) is 0 Å². The number of hydrogen-bond acceptors (Lipinski definition) is 0. The summed E-state index contributed by atoms with van der Waals surface area (Å²) in [7, 11) is 0. The molecule has 3 aromatic rings. The first-order chi connectivity index (χ1) is 9.77. The smallest absolute Gasteiger partial charge is 0.0348 e. The van der Waals surface area contributed by atoms with Crippen LogP contribution in [0.15, 0.2) is 72.8 Å². The molecule has 0 aromatic heterocycles. The summed E-state index contributed by atoms with van der Waals surface area (Å²) in [6.07, 6.45) is 0. The van der Waals surface area contributed by atoms with Gasteiger partial charge < -0.3 is 0 Å². The van der Waals surface area contributed by atoms with Crippen molar-refractivity contribution < 1.29 is 0 Å². The predicted molar refractivity (Wildman–Crippen MR) is 103 cm³/mol. The second kappa shape index (κ2) is 6.26. The van der Waals surface area contributed by atoms with Crippen molar-refractivity contribution >= 4 is 45.2 Å². The Morgan fingerprint density at radius 3 is 1.15 bits per heavy atom. The van der Waals surface area contributed by atoms with Gasteiger partial charge in [0, 0.05) is 7.14 Å². The molecule has 0 N–H and O–H groups in total. The molecular formula is C18H12I2. The number of halogens is 2. The number of rotatable bonds is 2. The van der Waals surface area contributed by atoms with E-state index in [1.54, 1.807) is 0 Å². The zero-order valence-corrected chi connectivity index (χ0v) is 15.0. The lowest BCUT2D eigenvalue weighted by Crippen LogP contribution is -1.91. The zero-order valence-electron chi connectivity index (χ0n) is 10.7. The van der Waals surface area contributed by atoms with E-state index in [1.807, 2.05) is 0 Å². The highest BCUT2D eigenvalue weighted by molar-refractivity contribution is 14.1. The molecule has 20 heavy (non-hydrogen) atoms.